The van der Waals surface area contributed by atoms with Crippen LogP contribution in [0.3, 0.4) is 0 Å². The van der Waals surface area contributed by atoms with Gasteiger partial charge < -0.3 is 10.5 Å². The topological polar surface area (TPSA) is 48.1 Å². The highest BCUT2D eigenvalue weighted by molar-refractivity contribution is 5.31. The smallest absolute Gasteiger partial charge is 0.123 e. The first-order chi connectivity index (χ1) is 6.61. The molecule has 1 aliphatic heterocycles. The van der Waals surface area contributed by atoms with Crippen molar-refractivity contribution >= 4 is 5.82 Å². The zero-order chi connectivity index (χ0) is 10.3. The molecule has 3 nitrogen and oxygen atoms in total. The zero-order valence-corrected chi connectivity index (χ0v) is 5.92. The van der Waals surface area contributed by atoms with Crippen molar-refractivity contribution in [3.63, 3.8) is 0 Å². The molecule has 1 fully saturated rings. The van der Waals surface area contributed by atoms with Gasteiger partial charge in [0.2, 0.25) is 0 Å². The van der Waals surface area contributed by atoms with Gasteiger partial charge in [0, 0.05) is 12.1 Å². The lowest BCUT2D eigenvalue weighted by Gasteiger charge is -2.25. The molecule has 58 valence electrons. The van der Waals surface area contributed by atoms with Gasteiger partial charge in [-0.1, -0.05) is 6.04 Å². The summed E-state index contributed by atoms with van der Waals surface area (Å²) in [5.74, 6) is -0.0174. The van der Waals surface area contributed by atoms with E-state index in [9.17, 15) is 0 Å². The van der Waals surface area contributed by atoms with Crippen LogP contribution in [0, 0.1) is 0 Å². The highest BCUT2D eigenvalue weighted by Crippen LogP contribution is 2.23. The summed E-state index contributed by atoms with van der Waals surface area (Å²) in [5, 5.41) is 0. The van der Waals surface area contributed by atoms with E-state index in [0.29, 0.717) is 18.8 Å². The third-order valence-electron chi connectivity index (χ3n) is 1.67. The molecule has 3 heteroatoms. The quantitative estimate of drug-likeness (QED) is 0.648. The van der Waals surface area contributed by atoms with Gasteiger partial charge in [-0.2, -0.15) is 0 Å². The largest absolute Gasteiger partial charge is 0.384 e. The SMILES string of the molecule is [2H]c1nc(N)c([2H])c([2H])c1C1COC1. The van der Waals surface area contributed by atoms with Crippen LogP contribution in [0.5, 0.6) is 0 Å². The number of rotatable bonds is 1. The zero-order valence-electron chi connectivity index (χ0n) is 8.92. The van der Waals surface area contributed by atoms with Crippen molar-refractivity contribution in [2.24, 2.45) is 0 Å². The fourth-order valence-corrected chi connectivity index (χ4v) is 0.903. The summed E-state index contributed by atoms with van der Waals surface area (Å²) < 4.78 is 27.7. The molecule has 0 saturated carbocycles. The molecule has 0 aromatic carbocycles. The van der Waals surface area contributed by atoms with Crippen molar-refractivity contribution in [1.29, 1.82) is 0 Å². The summed E-state index contributed by atoms with van der Waals surface area (Å²) in [4.78, 5) is 3.72. The number of nitrogens with two attached hydrogens (primary N) is 1. The molecule has 1 aromatic heterocycles. The average Bonchev–Trinajstić information content (AvgIpc) is 2.05. The van der Waals surface area contributed by atoms with Gasteiger partial charge in [0.1, 0.15) is 5.82 Å². The van der Waals surface area contributed by atoms with Crippen LogP contribution in [0.1, 0.15) is 15.6 Å². The van der Waals surface area contributed by atoms with Crippen LogP contribution < -0.4 is 5.73 Å². The molecular weight excluding hydrogens is 140 g/mol. The molecule has 2 N–H and O–H groups in total. The lowest BCUT2D eigenvalue weighted by atomic mass is 10.00. The van der Waals surface area contributed by atoms with Gasteiger partial charge in [0.25, 0.3) is 0 Å². The maximum Gasteiger partial charge on any atom is 0.123 e. The van der Waals surface area contributed by atoms with E-state index >= 15 is 0 Å². The second kappa shape index (κ2) is 2.51. The molecule has 0 bridgehead atoms. The highest BCUT2D eigenvalue weighted by atomic mass is 16.5. The Morgan fingerprint density at radius 1 is 1.64 bits per heavy atom. The van der Waals surface area contributed by atoms with E-state index in [1.165, 1.54) is 0 Å². The summed E-state index contributed by atoms with van der Waals surface area (Å²) in [7, 11) is 0. The van der Waals surface area contributed by atoms with Crippen molar-refractivity contribution in [3.8, 4) is 0 Å². The van der Waals surface area contributed by atoms with Crippen LogP contribution in [-0.4, -0.2) is 18.2 Å². The lowest BCUT2D eigenvalue weighted by Crippen LogP contribution is -2.25. The molecule has 0 spiro atoms. The highest BCUT2D eigenvalue weighted by Gasteiger charge is 2.20. The van der Waals surface area contributed by atoms with Crippen molar-refractivity contribution in [3.05, 3.63) is 23.8 Å². The molecule has 0 radical (unpaired) electrons. The number of nitrogens with zero attached hydrogens (tertiary/aromatic N) is 1. The lowest BCUT2D eigenvalue weighted by molar-refractivity contribution is 0.00830. The van der Waals surface area contributed by atoms with Gasteiger partial charge in [-0.3, -0.25) is 0 Å². The monoisotopic (exact) mass is 153 g/mol. The average molecular weight is 153 g/mol. The fourth-order valence-electron chi connectivity index (χ4n) is 0.903. The van der Waals surface area contributed by atoms with Crippen LogP contribution in [0.2, 0.25) is 0 Å². The molecule has 1 saturated heterocycles. The molecule has 11 heavy (non-hydrogen) atoms. The summed E-state index contributed by atoms with van der Waals surface area (Å²) in [6.45, 7) is 1.01. The minimum Gasteiger partial charge on any atom is -0.384 e. The Morgan fingerprint density at radius 3 is 3.09 bits per heavy atom. The minimum absolute atomic E-state index is 0.00296. The second-order valence-corrected chi connectivity index (χ2v) is 2.51. The third-order valence-corrected chi connectivity index (χ3v) is 1.67. The first-order valence-corrected chi connectivity index (χ1v) is 3.42. The van der Waals surface area contributed by atoms with Crippen molar-refractivity contribution in [1.82, 2.24) is 4.98 Å². The molecule has 0 unspecified atom stereocenters. The molecular formula is C8H10N2O. The maximum absolute atomic E-state index is 7.66. The molecule has 2 rings (SSSR count). The minimum atomic E-state index is -0.0945. The Bertz CT molecular complexity index is 379. The predicted octanol–water partition coefficient (Wildman–Crippen LogP) is 0.778. The van der Waals surface area contributed by atoms with E-state index in [1.807, 2.05) is 0 Å². The number of hydrogen-bond donors (Lipinski definition) is 1. The number of aromatic nitrogens is 1. The molecule has 1 aromatic rings. The molecule has 1 aliphatic rings. The van der Waals surface area contributed by atoms with Crippen LogP contribution in [0.15, 0.2) is 18.3 Å². The van der Waals surface area contributed by atoms with Gasteiger partial charge in [0.15, 0.2) is 0 Å². The van der Waals surface area contributed by atoms with E-state index < -0.39 is 0 Å². The first-order valence-electron chi connectivity index (χ1n) is 4.92. The first kappa shape index (κ1) is 4.07. The summed E-state index contributed by atoms with van der Waals surface area (Å²) in [6.07, 6.45) is -0.00296. The molecule has 0 amide bonds. The van der Waals surface area contributed by atoms with Gasteiger partial charge in [-0.15, -0.1) is 0 Å². The van der Waals surface area contributed by atoms with E-state index in [4.69, 9.17) is 14.6 Å². The van der Waals surface area contributed by atoms with Crippen LogP contribution in [0.4, 0.5) is 5.82 Å². The Morgan fingerprint density at radius 2 is 2.45 bits per heavy atom. The van der Waals surface area contributed by atoms with E-state index in [2.05, 4.69) is 4.98 Å². The van der Waals surface area contributed by atoms with Crippen molar-refractivity contribution in [2.45, 2.75) is 5.92 Å². The molecule has 0 atom stereocenters. The van der Waals surface area contributed by atoms with Gasteiger partial charge in [-0.05, 0) is 11.6 Å². The van der Waals surface area contributed by atoms with E-state index in [1.54, 1.807) is 0 Å². The van der Waals surface area contributed by atoms with Crippen molar-refractivity contribution < 1.29 is 8.85 Å². The Labute approximate surface area is 69.4 Å². The normalized spacial score (nSPS) is 21.6. The fraction of sp³-hybridized carbons (Fsp3) is 0.375. The third kappa shape index (κ3) is 1.19. The van der Waals surface area contributed by atoms with E-state index in [0.717, 1.165) is 0 Å². The maximum atomic E-state index is 7.66. The second-order valence-electron chi connectivity index (χ2n) is 2.51. The van der Waals surface area contributed by atoms with Crippen molar-refractivity contribution in [2.75, 3.05) is 18.9 Å². The van der Waals surface area contributed by atoms with E-state index in [-0.39, 0.29) is 30.0 Å². The molecule has 2 heterocycles. The summed E-state index contributed by atoms with van der Waals surface area (Å²) in [5.41, 5.74) is 5.86. The number of hydrogen-bond acceptors (Lipinski definition) is 3. The van der Waals surface area contributed by atoms with Gasteiger partial charge in [-0.25, -0.2) is 4.98 Å². The van der Waals surface area contributed by atoms with Crippen LogP contribution in [0.25, 0.3) is 0 Å². The summed E-state index contributed by atoms with van der Waals surface area (Å²) in [6, 6.07) is -0.0845. The van der Waals surface area contributed by atoms with Crippen LogP contribution >= 0.6 is 0 Å². The predicted molar refractivity (Wildman–Crippen MR) is 42.2 cm³/mol. The Kier molecular flexibility index (Phi) is 0.927. The number of nitrogen functional groups attached to an aromatic ring is 1. The standard InChI is InChI=1S/C8H10N2O/c9-8-2-1-6(3-10-8)7-4-11-5-7/h1-3,7H,4-5H2,(H2,9,10)/i1D,2D,3D. The summed E-state index contributed by atoms with van der Waals surface area (Å²) >= 11 is 0. The molecule has 0 aliphatic carbocycles. The number of pyridine rings is 1. The number of anilines is 1. The van der Waals surface area contributed by atoms with Crippen LogP contribution in [-0.2, 0) is 4.74 Å². The Hall–Kier alpha value is -1.09. The van der Waals surface area contributed by atoms with Gasteiger partial charge in [0.05, 0.1) is 17.3 Å². The van der Waals surface area contributed by atoms with Gasteiger partial charge >= 0.3 is 0 Å². The number of ether oxygens (including phenoxy) is 1. The Balaban J connectivity index is 2.52.